The van der Waals surface area contributed by atoms with E-state index in [1.165, 1.54) is 39.3 Å². The molecule has 1 saturated heterocycles. The van der Waals surface area contributed by atoms with E-state index < -0.39 is 0 Å². The van der Waals surface area contributed by atoms with Gasteiger partial charge in [-0.15, -0.1) is 0 Å². The van der Waals surface area contributed by atoms with Crippen LogP contribution in [-0.4, -0.2) is 87.9 Å². The number of halogens is 1. The standard InChI is InChI=1S/C17H36N4O2.ClH/c1-4-19(5-2)11-12-21-15-13-20(14-16-21)10-8-7-9-18-17(22)23-6-3;/h4-16H2,1-3H3,(H,18,22);1H. The van der Waals surface area contributed by atoms with Gasteiger partial charge in [0.05, 0.1) is 26.2 Å². The zero-order valence-corrected chi connectivity index (χ0v) is 16.5. The molecule has 1 aliphatic heterocycles. The summed E-state index contributed by atoms with van der Waals surface area (Å²) in [5, 5.41) is 2.78. The molecule has 0 aliphatic carbocycles. The van der Waals surface area contributed by atoms with Gasteiger partial charge >= 0.3 is 6.09 Å². The Morgan fingerprint density at radius 1 is 1.17 bits per heavy atom. The van der Waals surface area contributed by atoms with Crippen molar-refractivity contribution in [1.82, 2.24) is 15.1 Å². The third kappa shape index (κ3) is 10.3. The fourth-order valence-corrected chi connectivity index (χ4v) is 3.03. The molecule has 7 heteroatoms. The second-order valence-corrected chi connectivity index (χ2v) is 6.22. The number of hydrogen-bond acceptors (Lipinski definition) is 4. The van der Waals surface area contributed by atoms with Gasteiger partial charge in [0.25, 0.3) is 0 Å². The maximum atomic E-state index is 11.1. The Kier molecular flexibility index (Phi) is 14.4. The highest BCUT2D eigenvalue weighted by molar-refractivity contribution is 5.66. The average molecular weight is 365 g/mol. The molecular formula is C17H37ClN4O2. The molecule has 0 aromatic heterocycles. The van der Waals surface area contributed by atoms with Crippen LogP contribution in [0.15, 0.2) is 0 Å². The second kappa shape index (κ2) is 14.8. The Bertz CT molecular complexity index is 309. The molecule has 0 atom stereocenters. The van der Waals surface area contributed by atoms with Gasteiger partial charge in [0.2, 0.25) is 0 Å². The van der Waals surface area contributed by atoms with E-state index in [0.29, 0.717) is 13.2 Å². The Labute approximate surface area is 154 Å². The highest BCUT2D eigenvalue weighted by Crippen LogP contribution is 1.96. The fraction of sp³-hybridized carbons (Fsp3) is 0.941. The summed E-state index contributed by atoms with van der Waals surface area (Å²) in [5.74, 6) is 0. The van der Waals surface area contributed by atoms with Gasteiger partial charge in [0.15, 0.2) is 0 Å². The minimum Gasteiger partial charge on any atom is -1.00 e. The van der Waals surface area contributed by atoms with Crippen LogP contribution in [-0.2, 0) is 4.74 Å². The summed E-state index contributed by atoms with van der Waals surface area (Å²) in [6.07, 6.45) is 1.87. The molecule has 144 valence electrons. The maximum Gasteiger partial charge on any atom is 0.407 e. The summed E-state index contributed by atoms with van der Waals surface area (Å²) in [6.45, 7) is 18.4. The van der Waals surface area contributed by atoms with Crippen molar-refractivity contribution in [3.05, 3.63) is 0 Å². The van der Waals surface area contributed by atoms with Crippen LogP contribution in [0.5, 0.6) is 0 Å². The van der Waals surface area contributed by atoms with Gasteiger partial charge in [-0.2, -0.15) is 0 Å². The molecule has 0 radical (unpaired) electrons. The van der Waals surface area contributed by atoms with Gasteiger partial charge in [0, 0.05) is 26.2 Å². The lowest BCUT2D eigenvalue weighted by atomic mass is 10.2. The van der Waals surface area contributed by atoms with Crippen molar-refractivity contribution < 1.29 is 26.8 Å². The van der Waals surface area contributed by atoms with Crippen molar-refractivity contribution in [3.63, 3.8) is 0 Å². The Hall–Kier alpha value is -0.560. The van der Waals surface area contributed by atoms with Crippen LogP contribution < -0.4 is 22.6 Å². The number of carbonyl (C=O) groups excluding carboxylic acids is 1. The van der Waals surface area contributed by atoms with E-state index in [1.54, 1.807) is 4.90 Å². The zero-order valence-electron chi connectivity index (χ0n) is 15.8. The summed E-state index contributed by atoms with van der Waals surface area (Å²) in [6, 6.07) is 0. The van der Waals surface area contributed by atoms with Crippen molar-refractivity contribution in [2.75, 3.05) is 72.1 Å². The molecule has 24 heavy (non-hydrogen) atoms. The van der Waals surface area contributed by atoms with Gasteiger partial charge in [0.1, 0.15) is 0 Å². The van der Waals surface area contributed by atoms with Gasteiger partial charge in [-0.3, -0.25) is 9.80 Å². The molecule has 0 aromatic rings. The number of piperazine rings is 1. The number of unbranched alkanes of at least 4 members (excludes halogenated alkanes) is 1. The monoisotopic (exact) mass is 364 g/mol. The quantitative estimate of drug-likeness (QED) is 0.385. The molecule has 1 amide bonds. The molecule has 1 rings (SSSR count). The fourth-order valence-electron chi connectivity index (χ4n) is 3.03. The molecule has 1 fully saturated rings. The van der Waals surface area contributed by atoms with Crippen molar-refractivity contribution in [2.24, 2.45) is 0 Å². The maximum absolute atomic E-state index is 11.1. The van der Waals surface area contributed by atoms with Crippen LogP contribution in [0.3, 0.4) is 0 Å². The summed E-state index contributed by atoms with van der Waals surface area (Å²) in [4.78, 5) is 18.0. The predicted molar refractivity (Wildman–Crippen MR) is 94.1 cm³/mol. The number of ether oxygens (including phenoxy) is 1. The molecule has 0 aromatic carbocycles. The van der Waals surface area contributed by atoms with Crippen molar-refractivity contribution in [1.29, 1.82) is 0 Å². The minimum absolute atomic E-state index is 0. The van der Waals surface area contributed by atoms with Crippen molar-refractivity contribution >= 4 is 6.09 Å². The van der Waals surface area contributed by atoms with Crippen LogP contribution in [0.1, 0.15) is 33.6 Å². The third-order valence-corrected chi connectivity index (χ3v) is 4.69. The molecular weight excluding hydrogens is 328 g/mol. The summed E-state index contributed by atoms with van der Waals surface area (Å²) >= 11 is 0. The van der Waals surface area contributed by atoms with E-state index in [4.69, 9.17) is 4.74 Å². The van der Waals surface area contributed by atoms with Crippen LogP contribution in [0.2, 0.25) is 0 Å². The predicted octanol–water partition coefficient (Wildman–Crippen LogP) is -2.94. The number of rotatable bonds is 11. The molecule has 0 spiro atoms. The van der Waals surface area contributed by atoms with E-state index in [0.717, 1.165) is 32.5 Å². The number of quaternary nitrogens is 1. The zero-order chi connectivity index (χ0) is 16.9. The highest BCUT2D eigenvalue weighted by Gasteiger charge is 2.19. The van der Waals surface area contributed by atoms with E-state index in [9.17, 15) is 4.79 Å². The van der Waals surface area contributed by atoms with Gasteiger partial charge in [-0.25, -0.2) is 4.79 Å². The van der Waals surface area contributed by atoms with E-state index in [2.05, 4.69) is 29.0 Å². The van der Waals surface area contributed by atoms with E-state index in [1.807, 2.05) is 6.92 Å². The van der Waals surface area contributed by atoms with Crippen LogP contribution >= 0.6 is 0 Å². The lowest BCUT2D eigenvalue weighted by Crippen LogP contribution is -3.15. The number of nitrogens with one attached hydrogen (secondary N) is 2. The summed E-state index contributed by atoms with van der Waals surface area (Å²) < 4.78 is 4.84. The normalized spacial score (nSPS) is 16.0. The van der Waals surface area contributed by atoms with Crippen molar-refractivity contribution in [3.8, 4) is 0 Å². The van der Waals surface area contributed by atoms with Crippen LogP contribution in [0.25, 0.3) is 0 Å². The van der Waals surface area contributed by atoms with Crippen LogP contribution in [0, 0.1) is 0 Å². The Morgan fingerprint density at radius 2 is 1.83 bits per heavy atom. The first kappa shape index (κ1) is 23.4. The largest absolute Gasteiger partial charge is 1.00 e. The smallest absolute Gasteiger partial charge is 0.407 e. The first-order valence-corrected chi connectivity index (χ1v) is 9.38. The minimum atomic E-state index is -0.294. The number of nitrogens with zero attached hydrogens (tertiary/aromatic N) is 2. The first-order valence-electron chi connectivity index (χ1n) is 9.38. The number of likely N-dealkylation sites (N-methyl/N-ethyl adjacent to an activating group) is 1. The molecule has 6 nitrogen and oxygen atoms in total. The number of amides is 1. The number of alkyl carbamates (subject to hydrolysis) is 1. The Morgan fingerprint density at radius 3 is 2.42 bits per heavy atom. The second-order valence-electron chi connectivity index (χ2n) is 6.22. The number of hydrogen-bond donors (Lipinski definition) is 2. The van der Waals surface area contributed by atoms with Gasteiger partial charge in [-0.1, -0.05) is 13.8 Å². The number of carbonyl (C=O) groups is 1. The molecule has 0 saturated carbocycles. The molecule has 0 unspecified atom stereocenters. The highest BCUT2D eigenvalue weighted by atomic mass is 35.5. The first-order chi connectivity index (χ1) is 11.2. The molecule has 2 N–H and O–H groups in total. The molecule has 1 aliphatic rings. The van der Waals surface area contributed by atoms with Crippen molar-refractivity contribution in [2.45, 2.75) is 33.6 Å². The van der Waals surface area contributed by atoms with E-state index >= 15 is 0 Å². The topological polar surface area (TPSA) is 49.2 Å². The lowest BCUT2D eigenvalue weighted by Gasteiger charge is -2.33. The molecule has 0 bridgehead atoms. The summed E-state index contributed by atoms with van der Waals surface area (Å²) in [5.41, 5.74) is 0. The van der Waals surface area contributed by atoms with E-state index in [-0.39, 0.29) is 18.5 Å². The average Bonchev–Trinajstić information content (AvgIpc) is 2.57. The third-order valence-electron chi connectivity index (χ3n) is 4.69. The summed E-state index contributed by atoms with van der Waals surface area (Å²) in [7, 11) is 0. The Balaban J connectivity index is 0.00000529. The van der Waals surface area contributed by atoms with Gasteiger partial charge < -0.3 is 27.4 Å². The van der Waals surface area contributed by atoms with Gasteiger partial charge in [-0.05, 0) is 39.4 Å². The molecule has 1 heterocycles. The lowest BCUT2D eigenvalue weighted by molar-refractivity contribution is -0.904. The van der Waals surface area contributed by atoms with Crippen LogP contribution in [0.4, 0.5) is 4.79 Å². The SMILES string of the molecule is CCOC(=O)NCCCCN1CC[NH+](CCN(CC)CC)CC1.[Cl-].